The first-order valence-corrected chi connectivity index (χ1v) is 16.3. The number of hydrogen-bond donors (Lipinski definition) is 1. The van der Waals surface area contributed by atoms with Gasteiger partial charge in [-0.05, 0) is 26.2 Å². The molecule has 206 valence electrons. The van der Waals surface area contributed by atoms with Crippen molar-refractivity contribution >= 4 is 0 Å². The Balaban J connectivity index is 2.14. The van der Waals surface area contributed by atoms with Crippen molar-refractivity contribution in [3.05, 3.63) is 18.2 Å². The summed E-state index contributed by atoms with van der Waals surface area (Å²) < 4.78 is 2.53. The van der Waals surface area contributed by atoms with E-state index in [9.17, 15) is 0 Å². The maximum absolute atomic E-state index is 3.64. The molecule has 0 aliphatic carbocycles. The topological polar surface area (TPSA) is 19.7 Å². The molecule has 1 rings (SSSR count). The van der Waals surface area contributed by atoms with E-state index in [2.05, 4.69) is 49.6 Å². The molecule has 2 heteroatoms. The number of aromatic amines is 1. The third-order valence-electron chi connectivity index (χ3n) is 8.26. The molecular formula is C33H65N2+. The summed E-state index contributed by atoms with van der Waals surface area (Å²) in [6, 6.07) is 0.602. The number of nitrogens with zero attached hydrogens (tertiary/aromatic N) is 1. The zero-order valence-corrected chi connectivity index (χ0v) is 24.7. The maximum Gasteiger partial charge on any atom is 0.257 e. The van der Waals surface area contributed by atoms with Crippen LogP contribution in [0.15, 0.2) is 12.4 Å². The Morgan fingerprint density at radius 1 is 0.571 bits per heavy atom. The quantitative estimate of drug-likeness (QED) is 0.0985. The van der Waals surface area contributed by atoms with Gasteiger partial charge in [0.05, 0.1) is 12.0 Å². The number of aromatic nitrogens is 2. The lowest BCUT2D eigenvalue weighted by Gasteiger charge is -2.16. The van der Waals surface area contributed by atoms with Crippen LogP contribution in [-0.4, -0.2) is 4.98 Å². The molecule has 0 bridgehead atoms. The highest BCUT2D eigenvalue weighted by atomic mass is 15.1. The van der Waals surface area contributed by atoms with Gasteiger partial charge in [0.2, 0.25) is 0 Å². The molecule has 0 fully saturated rings. The fourth-order valence-corrected chi connectivity index (χ4v) is 5.62. The Morgan fingerprint density at radius 2 is 0.943 bits per heavy atom. The number of imidazole rings is 1. The minimum Gasteiger partial charge on any atom is -0.247 e. The second kappa shape index (κ2) is 23.6. The van der Waals surface area contributed by atoms with Crippen molar-refractivity contribution in [3.8, 4) is 0 Å². The Kier molecular flexibility index (Phi) is 21.7. The summed E-state index contributed by atoms with van der Waals surface area (Å²) in [5.41, 5.74) is 0. The molecule has 0 saturated carbocycles. The normalized spacial score (nSPS) is 13.4. The third kappa shape index (κ3) is 16.6. The molecule has 1 aromatic heterocycles. The van der Waals surface area contributed by atoms with Crippen LogP contribution in [-0.2, 0) is 0 Å². The summed E-state index contributed by atoms with van der Waals surface area (Å²) >= 11 is 0. The first-order valence-electron chi connectivity index (χ1n) is 16.3. The summed E-state index contributed by atoms with van der Waals surface area (Å²) in [4.78, 5) is 3.64. The van der Waals surface area contributed by atoms with Crippen molar-refractivity contribution in [1.82, 2.24) is 4.98 Å². The molecule has 0 radical (unpaired) electrons. The Hall–Kier alpha value is -0.790. The second-order valence-electron chi connectivity index (χ2n) is 11.5. The Bertz CT molecular complexity index is 549. The molecular weight excluding hydrogens is 424 g/mol. The van der Waals surface area contributed by atoms with Gasteiger partial charge in [0, 0.05) is 0 Å². The van der Waals surface area contributed by atoms with E-state index < -0.39 is 0 Å². The van der Waals surface area contributed by atoms with E-state index in [0.717, 1.165) is 0 Å². The van der Waals surface area contributed by atoms with E-state index in [1.807, 2.05) is 0 Å². The van der Waals surface area contributed by atoms with E-state index >= 15 is 0 Å². The third-order valence-corrected chi connectivity index (χ3v) is 8.26. The van der Waals surface area contributed by atoms with Crippen LogP contribution in [0.2, 0.25) is 0 Å². The smallest absolute Gasteiger partial charge is 0.247 e. The fraction of sp³-hybridized carbons (Fsp3) is 0.909. The predicted molar refractivity (Wildman–Crippen MR) is 156 cm³/mol. The average Bonchev–Trinajstić information content (AvgIpc) is 3.36. The van der Waals surface area contributed by atoms with E-state index in [4.69, 9.17) is 0 Å². The Labute approximate surface area is 221 Å². The number of hydrogen-bond acceptors (Lipinski definition) is 0. The average molecular weight is 490 g/mol. The van der Waals surface area contributed by atoms with Crippen LogP contribution in [0.25, 0.3) is 0 Å². The fourth-order valence-electron chi connectivity index (χ4n) is 5.62. The van der Waals surface area contributed by atoms with E-state index in [1.54, 1.807) is 0 Å². The lowest BCUT2D eigenvalue weighted by Crippen LogP contribution is -2.40. The van der Waals surface area contributed by atoms with Crippen molar-refractivity contribution in [2.75, 3.05) is 0 Å². The summed E-state index contributed by atoms with van der Waals surface area (Å²) in [5, 5.41) is 0. The molecule has 0 aromatic carbocycles. The van der Waals surface area contributed by atoms with Gasteiger partial charge in [-0.25, -0.2) is 9.55 Å². The number of rotatable bonds is 26. The van der Waals surface area contributed by atoms with Crippen molar-refractivity contribution in [3.63, 3.8) is 0 Å². The van der Waals surface area contributed by atoms with E-state index in [-0.39, 0.29) is 0 Å². The first kappa shape index (κ1) is 32.2. The van der Waals surface area contributed by atoms with Crippen LogP contribution < -0.4 is 4.57 Å². The van der Waals surface area contributed by atoms with Gasteiger partial charge in [-0.1, -0.05) is 156 Å². The van der Waals surface area contributed by atoms with Crippen LogP contribution in [0.5, 0.6) is 0 Å². The lowest BCUT2D eigenvalue weighted by molar-refractivity contribution is -0.726. The standard InChI is InChI=1S/C33H64N2/c1-5-8-10-12-13-14-15-16-17-18-19-20-21-22-24-26-28-32(27-25-23-11-9-6-2)33-34-29-30-35(33)31(4)7-3/h29-32H,5-28H2,1-4H3/p+1. The SMILES string of the molecule is CCCCCCCCCCCCCCCCCCC(CCCCCCC)c1[nH]cc[n+]1C(C)CC. The number of H-pyrrole nitrogens is 1. The minimum atomic E-state index is 0.602. The summed E-state index contributed by atoms with van der Waals surface area (Å²) in [6.07, 6.45) is 38.6. The van der Waals surface area contributed by atoms with E-state index in [1.165, 1.54) is 160 Å². The maximum atomic E-state index is 3.64. The van der Waals surface area contributed by atoms with Crippen molar-refractivity contribution < 1.29 is 4.57 Å². The van der Waals surface area contributed by atoms with Crippen LogP contribution in [0, 0.1) is 0 Å². The molecule has 2 nitrogen and oxygen atoms in total. The van der Waals surface area contributed by atoms with Gasteiger partial charge in [-0.2, -0.15) is 0 Å². The van der Waals surface area contributed by atoms with Gasteiger partial charge in [0.15, 0.2) is 0 Å². The molecule has 0 aliphatic heterocycles. The molecule has 1 aromatic rings. The summed E-state index contributed by atoms with van der Waals surface area (Å²) in [7, 11) is 0. The highest BCUT2D eigenvalue weighted by Gasteiger charge is 2.24. The van der Waals surface area contributed by atoms with Crippen LogP contribution in [0.1, 0.15) is 200 Å². The highest BCUT2D eigenvalue weighted by Crippen LogP contribution is 2.27. The van der Waals surface area contributed by atoms with Gasteiger partial charge < -0.3 is 0 Å². The van der Waals surface area contributed by atoms with Crippen LogP contribution >= 0.6 is 0 Å². The zero-order valence-electron chi connectivity index (χ0n) is 24.7. The van der Waals surface area contributed by atoms with Crippen LogP contribution in [0.4, 0.5) is 0 Å². The van der Waals surface area contributed by atoms with Gasteiger partial charge in [-0.3, -0.25) is 0 Å². The first-order chi connectivity index (χ1) is 17.2. The van der Waals surface area contributed by atoms with E-state index in [0.29, 0.717) is 12.0 Å². The zero-order chi connectivity index (χ0) is 25.4. The van der Waals surface area contributed by atoms with Crippen LogP contribution in [0.3, 0.4) is 0 Å². The van der Waals surface area contributed by atoms with Crippen molar-refractivity contribution in [2.45, 2.75) is 194 Å². The molecule has 2 unspecified atom stereocenters. The molecule has 0 saturated heterocycles. The van der Waals surface area contributed by atoms with Crippen molar-refractivity contribution in [1.29, 1.82) is 0 Å². The molecule has 35 heavy (non-hydrogen) atoms. The predicted octanol–water partition coefficient (Wildman–Crippen LogP) is 11.4. The second-order valence-corrected chi connectivity index (χ2v) is 11.5. The summed E-state index contributed by atoms with van der Waals surface area (Å²) in [5.74, 6) is 2.21. The van der Waals surface area contributed by atoms with Gasteiger partial charge in [-0.15, -0.1) is 0 Å². The van der Waals surface area contributed by atoms with Crippen molar-refractivity contribution in [2.24, 2.45) is 0 Å². The molecule has 0 aliphatic rings. The molecule has 2 atom stereocenters. The summed E-state index contributed by atoms with van der Waals surface area (Å²) in [6.45, 7) is 9.29. The number of unbranched alkanes of at least 4 members (excludes halogenated alkanes) is 19. The molecule has 0 amide bonds. The monoisotopic (exact) mass is 490 g/mol. The van der Waals surface area contributed by atoms with Gasteiger partial charge >= 0.3 is 0 Å². The van der Waals surface area contributed by atoms with Gasteiger partial charge in [0.25, 0.3) is 5.82 Å². The largest absolute Gasteiger partial charge is 0.257 e. The van der Waals surface area contributed by atoms with Gasteiger partial charge in [0.1, 0.15) is 12.4 Å². The highest BCUT2D eigenvalue weighted by molar-refractivity contribution is 4.90. The molecule has 1 N–H and O–H groups in total. The number of nitrogens with one attached hydrogen (secondary N) is 1. The molecule has 0 spiro atoms. The molecule has 1 heterocycles. The Morgan fingerprint density at radius 3 is 1.31 bits per heavy atom. The minimum absolute atomic E-state index is 0.602. The lowest BCUT2D eigenvalue weighted by atomic mass is 9.93.